The molecule has 0 spiro atoms. The second-order valence-electron chi connectivity index (χ2n) is 8.12. The SMILES string of the molecule is COCCN(CC(=O)Nc1nc(CC(=O)NC2CCCCC2)cs1)C(=O)c1ccc(Cl)c(Cl)c1. The Balaban J connectivity index is 1.55. The zero-order valence-corrected chi connectivity index (χ0v) is 21.3. The van der Waals surface area contributed by atoms with Gasteiger partial charge in [0.15, 0.2) is 5.13 Å². The van der Waals surface area contributed by atoms with Crippen molar-refractivity contribution in [1.29, 1.82) is 0 Å². The van der Waals surface area contributed by atoms with Crippen LogP contribution in [0.15, 0.2) is 23.6 Å². The fraction of sp³-hybridized carbons (Fsp3) is 0.478. The minimum Gasteiger partial charge on any atom is -0.383 e. The van der Waals surface area contributed by atoms with Crippen LogP contribution in [0.3, 0.4) is 0 Å². The van der Waals surface area contributed by atoms with Gasteiger partial charge in [0.1, 0.15) is 6.54 Å². The number of benzene rings is 1. The van der Waals surface area contributed by atoms with Gasteiger partial charge in [0.2, 0.25) is 11.8 Å². The second-order valence-corrected chi connectivity index (χ2v) is 9.79. The Hall–Kier alpha value is -2.20. The van der Waals surface area contributed by atoms with Crippen LogP contribution in [0.25, 0.3) is 0 Å². The van der Waals surface area contributed by atoms with Gasteiger partial charge in [-0.3, -0.25) is 14.4 Å². The highest BCUT2D eigenvalue weighted by molar-refractivity contribution is 7.13. The summed E-state index contributed by atoms with van der Waals surface area (Å²) < 4.78 is 5.07. The van der Waals surface area contributed by atoms with E-state index in [1.54, 1.807) is 11.4 Å². The van der Waals surface area contributed by atoms with E-state index < -0.39 is 5.91 Å². The number of thiazole rings is 1. The summed E-state index contributed by atoms with van der Waals surface area (Å²) in [5.41, 5.74) is 0.913. The number of carbonyl (C=O) groups excluding carboxylic acids is 3. The third-order valence-electron chi connectivity index (χ3n) is 5.46. The molecule has 184 valence electrons. The van der Waals surface area contributed by atoms with Gasteiger partial charge in [-0.25, -0.2) is 4.98 Å². The molecule has 0 bridgehead atoms. The molecule has 34 heavy (non-hydrogen) atoms. The summed E-state index contributed by atoms with van der Waals surface area (Å²) in [6.45, 7) is 0.283. The van der Waals surface area contributed by atoms with E-state index in [0.717, 1.165) is 25.7 Å². The monoisotopic (exact) mass is 526 g/mol. The van der Waals surface area contributed by atoms with Crippen molar-refractivity contribution < 1.29 is 19.1 Å². The second kappa shape index (κ2) is 13.0. The molecule has 1 aliphatic rings. The highest BCUT2D eigenvalue weighted by atomic mass is 35.5. The van der Waals surface area contributed by atoms with E-state index >= 15 is 0 Å². The fourth-order valence-electron chi connectivity index (χ4n) is 3.73. The van der Waals surface area contributed by atoms with Crippen LogP contribution in [0.2, 0.25) is 10.0 Å². The van der Waals surface area contributed by atoms with Crippen LogP contribution in [0, 0.1) is 0 Å². The standard InChI is InChI=1S/C23H28Cl2N4O4S/c1-33-10-9-29(22(32)15-7-8-18(24)19(25)11-15)13-21(31)28-23-27-17(14-34-23)12-20(30)26-16-5-3-2-4-6-16/h7-8,11,14,16H,2-6,9-10,12-13H2,1H3,(H,26,30)(H,27,28,31). The minimum atomic E-state index is -0.405. The molecule has 11 heteroatoms. The topological polar surface area (TPSA) is 101 Å². The Labute approximate surface area is 213 Å². The van der Waals surface area contributed by atoms with E-state index in [2.05, 4.69) is 15.6 Å². The number of aromatic nitrogens is 1. The largest absolute Gasteiger partial charge is 0.383 e. The van der Waals surface area contributed by atoms with E-state index in [1.165, 1.54) is 41.9 Å². The lowest BCUT2D eigenvalue weighted by Gasteiger charge is -2.22. The molecule has 1 aliphatic carbocycles. The fourth-order valence-corrected chi connectivity index (χ4v) is 4.76. The lowest BCUT2D eigenvalue weighted by molar-refractivity contribution is -0.121. The Morgan fingerprint density at radius 1 is 1.15 bits per heavy atom. The molecular formula is C23H28Cl2N4O4S. The molecule has 3 amide bonds. The highest BCUT2D eigenvalue weighted by Crippen LogP contribution is 2.23. The predicted molar refractivity (Wildman–Crippen MR) is 134 cm³/mol. The lowest BCUT2D eigenvalue weighted by Crippen LogP contribution is -2.40. The minimum absolute atomic E-state index is 0.0620. The van der Waals surface area contributed by atoms with E-state index in [0.29, 0.717) is 21.4 Å². The summed E-state index contributed by atoms with van der Waals surface area (Å²) in [5, 5.41) is 8.49. The first kappa shape index (κ1) is 26.4. The van der Waals surface area contributed by atoms with Crippen molar-refractivity contribution in [3.8, 4) is 0 Å². The van der Waals surface area contributed by atoms with Gasteiger partial charge in [-0.15, -0.1) is 11.3 Å². The summed E-state index contributed by atoms with van der Waals surface area (Å²) >= 11 is 13.2. The van der Waals surface area contributed by atoms with Gasteiger partial charge in [0.25, 0.3) is 5.91 Å². The van der Waals surface area contributed by atoms with Crippen molar-refractivity contribution in [2.75, 3.05) is 32.1 Å². The van der Waals surface area contributed by atoms with Crippen LogP contribution in [-0.4, -0.2) is 60.5 Å². The molecule has 1 heterocycles. The van der Waals surface area contributed by atoms with Gasteiger partial charge in [-0.1, -0.05) is 42.5 Å². The predicted octanol–water partition coefficient (Wildman–Crippen LogP) is 4.17. The maximum absolute atomic E-state index is 12.9. The number of nitrogens with zero attached hydrogens (tertiary/aromatic N) is 2. The maximum atomic E-state index is 12.9. The summed E-state index contributed by atoms with van der Waals surface area (Å²) in [7, 11) is 1.52. The van der Waals surface area contributed by atoms with Gasteiger partial charge in [-0.2, -0.15) is 0 Å². The Morgan fingerprint density at radius 2 is 1.91 bits per heavy atom. The van der Waals surface area contributed by atoms with Crippen LogP contribution in [-0.2, 0) is 20.7 Å². The first-order valence-corrected chi connectivity index (χ1v) is 12.8. The normalized spacial score (nSPS) is 14.0. The van der Waals surface area contributed by atoms with E-state index in [-0.39, 0.29) is 49.0 Å². The zero-order valence-electron chi connectivity index (χ0n) is 18.9. The number of anilines is 1. The number of amides is 3. The van der Waals surface area contributed by atoms with Crippen molar-refractivity contribution >= 4 is 57.4 Å². The van der Waals surface area contributed by atoms with Crippen molar-refractivity contribution in [3.05, 3.63) is 44.9 Å². The Kier molecular flexibility index (Phi) is 10.1. The summed E-state index contributed by atoms with van der Waals surface area (Å²) in [6.07, 6.45) is 5.72. The molecule has 1 saturated carbocycles. The Bertz CT molecular complexity index is 1010. The van der Waals surface area contributed by atoms with Gasteiger partial charge >= 0.3 is 0 Å². The third-order valence-corrected chi connectivity index (χ3v) is 7.01. The van der Waals surface area contributed by atoms with E-state index in [4.69, 9.17) is 27.9 Å². The summed E-state index contributed by atoms with van der Waals surface area (Å²) in [5.74, 6) is -0.838. The van der Waals surface area contributed by atoms with E-state index in [1.807, 2.05) is 0 Å². The molecule has 0 atom stereocenters. The molecule has 2 N–H and O–H groups in total. The first-order valence-electron chi connectivity index (χ1n) is 11.1. The molecular weight excluding hydrogens is 499 g/mol. The van der Waals surface area contributed by atoms with Crippen molar-refractivity contribution in [3.63, 3.8) is 0 Å². The number of carbonyl (C=O) groups is 3. The van der Waals surface area contributed by atoms with Crippen LogP contribution < -0.4 is 10.6 Å². The molecule has 2 aromatic rings. The molecule has 0 unspecified atom stereocenters. The molecule has 1 fully saturated rings. The first-order chi connectivity index (χ1) is 16.4. The average Bonchev–Trinajstić information content (AvgIpc) is 3.24. The van der Waals surface area contributed by atoms with Gasteiger partial charge < -0.3 is 20.3 Å². The van der Waals surface area contributed by atoms with Crippen LogP contribution in [0.1, 0.15) is 48.2 Å². The number of hydrogen-bond acceptors (Lipinski definition) is 6. The smallest absolute Gasteiger partial charge is 0.254 e. The molecule has 0 saturated heterocycles. The Morgan fingerprint density at radius 3 is 2.62 bits per heavy atom. The molecule has 8 nitrogen and oxygen atoms in total. The third kappa shape index (κ3) is 7.94. The molecule has 0 aliphatic heterocycles. The van der Waals surface area contributed by atoms with Crippen LogP contribution in [0.4, 0.5) is 5.13 Å². The molecule has 1 aromatic heterocycles. The van der Waals surface area contributed by atoms with Crippen molar-refractivity contribution in [2.24, 2.45) is 0 Å². The average molecular weight is 527 g/mol. The molecule has 0 radical (unpaired) electrons. The van der Waals surface area contributed by atoms with Crippen LogP contribution >= 0.6 is 34.5 Å². The highest BCUT2D eigenvalue weighted by Gasteiger charge is 2.21. The van der Waals surface area contributed by atoms with Crippen molar-refractivity contribution in [2.45, 2.75) is 44.6 Å². The van der Waals surface area contributed by atoms with E-state index in [9.17, 15) is 14.4 Å². The number of halogens is 2. The number of hydrogen-bond donors (Lipinski definition) is 2. The molecule has 3 rings (SSSR count). The summed E-state index contributed by atoms with van der Waals surface area (Å²) in [6, 6.07) is 4.80. The van der Waals surface area contributed by atoms with Crippen LogP contribution in [0.5, 0.6) is 0 Å². The van der Waals surface area contributed by atoms with Crippen molar-refractivity contribution in [1.82, 2.24) is 15.2 Å². The number of rotatable bonds is 10. The molecule has 1 aromatic carbocycles. The zero-order chi connectivity index (χ0) is 24.5. The lowest BCUT2D eigenvalue weighted by atomic mass is 9.95. The number of nitrogens with one attached hydrogen (secondary N) is 2. The maximum Gasteiger partial charge on any atom is 0.254 e. The number of ether oxygens (including phenoxy) is 1. The van der Waals surface area contributed by atoms with Gasteiger partial charge in [-0.05, 0) is 31.0 Å². The quantitative estimate of drug-likeness (QED) is 0.483. The number of methoxy groups -OCH3 is 1. The summed E-state index contributed by atoms with van der Waals surface area (Å²) in [4.78, 5) is 43.6. The van der Waals surface area contributed by atoms with Gasteiger partial charge in [0.05, 0.1) is 28.8 Å². The van der Waals surface area contributed by atoms with Gasteiger partial charge in [0, 0.05) is 30.6 Å².